The van der Waals surface area contributed by atoms with Gasteiger partial charge in [0.2, 0.25) is 0 Å². The third-order valence-corrected chi connectivity index (χ3v) is 1.92. The fraction of sp³-hybridized carbons (Fsp3) is 0.667. The third-order valence-electron chi connectivity index (χ3n) is 1.92. The molecular weight excluding hydrogens is 256 g/mol. The van der Waals surface area contributed by atoms with Crippen LogP contribution < -0.4 is 0 Å². The Morgan fingerprint density at radius 3 is 2.05 bits per heavy atom. The lowest BCUT2D eigenvalue weighted by Crippen LogP contribution is -2.15. The van der Waals surface area contributed by atoms with Crippen molar-refractivity contribution in [3.8, 4) is 0 Å². The molecule has 0 unspecified atom stereocenters. The molecule has 0 atom stereocenters. The first-order valence-corrected chi connectivity index (χ1v) is 5.79. The molecule has 1 N–H and O–H groups in total. The van der Waals surface area contributed by atoms with E-state index in [1.807, 2.05) is 0 Å². The van der Waals surface area contributed by atoms with Gasteiger partial charge in [0.05, 0.1) is 39.5 Å². The van der Waals surface area contributed by atoms with Crippen molar-refractivity contribution in [2.24, 2.45) is 0 Å². The Labute approximate surface area is 112 Å². The molecule has 0 radical (unpaired) electrons. The molecular formula is C12H20O7. The van der Waals surface area contributed by atoms with Crippen LogP contribution in [0.15, 0.2) is 12.2 Å². The van der Waals surface area contributed by atoms with Gasteiger partial charge in [-0.15, -0.1) is 0 Å². The van der Waals surface area contributed by atoms with Crippen molar-refractivity contribution in [3.05, 3.63) is 12.2 Å². The summed E-state index contributed by atoms with van der Waals surface area (Å²) in [5, 5.41) is 8.45. The number of esters is 1. The van der Waals surface area contributed by atoms with E-state index in [2.05, 4.69) is 6.58 Å². The Kier molecular flexibility index (Phi) is 10.8. The van der Waals surface area contributed by atoms with Crippen molar-refractivity contribution in [3.63, 3.8) is 0 Å². The van der Waals surface area contributed by atoms with Gasteiger partial charge < -0.3 is 24.1 Å². The summed E-state index contributed by atoms with van der Waals surface area (Å²) in [4.78, 5) is 21.5. The first-order chi connectivity index (χ1) is 9.07. The Morgan fingerprint density at radius 1 is 1.00 bits per heavy atom. The van der Waals surface area contributed by atoms with Crippen molar-refractivity contribution in [2.45, 2.75) is 6.42 Å². The molecule has 0 rings (SSSR count). The van der Waals surface area contributed by atoms with Crippen molar-refractivity contribution >= 4 is 11.9 Å². The summed E-state index contributed by atoms with van der Waals surface area (Å²) in [6.45, 7) is 5.45. The molecule has 0 aliphatic carbocycles. The number of carbonyl (C=O) groups is 2. The normalized spacial score (nSPS) is 10.2. The van der Waals surface area contributed by atoms with Crippen LogP contribution in [0.5, 0.6) is 0 Å². The average molecular weight is 276 g/mol. The van der Waals surface area contributed by atoms with Crippen LogP contribution >= 0.6 is 0 Å². The molecule has 0 aromatic heterocycles. The minimum atomic E-state index is -1.12. The number of hydrogen-bond acceptors (Lipinski definition) is 6. The molecule has 7 heteroatoms. The number of carboxylic acids is 1. The molecule has 7 nitrogen and oxygen atoms in total. The number of ether oxygens (including phenoxy) is 4. The monoisotopic (exact) mass is 276 g/mol. The number of methoxy groups -OCH3 is 1. The standard InChI is InChI=1S/C12H20O7/c1-10(9-11(13)14)12(15)19-8-7-18-6-5-17-4-3-16-2/h1,3-9H2,2H3,(H,13,14). The van der Waals surface area contributed by atoms with Crippen molar-refractivity contribution in [2.75, 3.05) is 46.8 Å². The van der Waals surface area contributed by atoms with E-state index in [9.17, 15) is 9.59 Å². The Morgan fingerprint density at radius 2 is 1.53 bits per heavy atom. The minimum absolute atomic E-state index is 0.0511. The van der Waals surface area contributed by atoms with E-state index in [0.717, 1.165) is 0 Å². The topological polar surface area (TPSA) is 91.3 Å². The first-order valence-electron chi connectivity index (χ1n) is 5.79. The lowest BCUT2D eigenvalue weighted by atomic mass is 10.2. The largest absolute Gasteiger partial charge is 0.481 e. The van der Waals surface area contributed by atoms with Crippen LogP contribution in [0.25, 0.3) is 0 Å². The molecule has 0 heterocycles. The van der Waals surface area contributed by atoms with E-state index >= 15 is 0 Å². The van der Waals surface area contributed by atoms with Gasteiger partial charge in [0, 0.05) is 12.7 Å². The zero-order valence-corrected chi connectivity index (χ0v) is 11.1. The molecule has 0 aromatic rings. The Balaban J connectivity index is 3.36. The minimum Gasteiger partial charge on any atom is -0.481 e. The first kappa shape index (κ1) is 17.6. The van der Waals surface area contributed by atoms with Crippen LogP contribution in [0.2, 0.25) is 0 Å². The lowest BCUT2D eigenvalue weighted by Gasteiger charge is -2.07. The molecule has 110 valence electrons. The molecule has 0 spiro atoms. The Hall–Kier alpha value is -1.44. The molecule has 0 saturated carbocycles. The Bertz CT molecular complexity index is 288. The van der Waals surface area contributed by atoms with Crippen LogP contribution in [0.1, 0.15) is 6.42 Å². The predicted octanol–water partition coefficient (Wildman–Crippen LogP) is 0.240. The van der Waals surface area contributed by atoms with Gasteiger partial charge in [-0.05, 0) is 0 Å². The maximum absolute atomic E-state index is 11.2. The maximum Gasteiger partial charge on any atom is 0.334 e. The van der Waals surface area contributed by atoms with Gasteiger partial charge in [0.1, 0.15) is 6.61 Å². The second kappa shape index (κ2) is 11.6. The zero-order chi connectivity index (χ0) is 14.5. The summed E-state index contributed by atoms with van der Waals surface area (Å²) in [5.74, 6) is -1.84. The van der Waals surface area contributed by atoms with E-state index < -0.39 is 18.4 Å². The highest BCUT2D eigenvalue weighted by atomic mass is 16.6. The van der Waals surface area contributed by atoms with Gasteiger partial charge in [0.25, 0.3) is 0 Å². The fourth-order valence-electron chi connectivity index (χ4n) is 1.01. The zero-order valence-electron chi connectivity index (χ0n) is 11.1. The SMILES string of the molecule is C=C(CC(=O)O)C(=O)OCCOCCOCCOC. The van der Waals surface area contributed by atoms with Crippen molar-refractivity contribution < 1.29 is 33.6 Å². The molecule has 19 heavy (non-hydrogen) atoms. The summed E-state index contributed by atoms with van der Waals surface area (Å²) in [6.07, 6.45) is -0.424. The van der Waals surface area contributed by atoms with Crippen LogP contribution in [-0.2, 0) is 28.5 Å². The quantitative estimate of drug-likeness (QED) is 0.310. The van der Waals surface area contributed by atoms with Gasteiger partial charge in [-0.3, -0.25) is 4.79 Å². The third kappa shape index (κ3) is 11.4. The van der Waals surface area contributed by atoms with E-state index in [4.69, 9.17) is 24.1 Å². The molecule has 0 fully saturated rings. The molecule has 0 saturated heterocycles. The highest BCUT2D eigenvalue weighted by molar-refractivity contribution is 5.92. The van der Waals surface area contributed by atoms with E-state index in [1.165, 1.54) is 0 Å². The summed E-state index contributed by atoms with van der Waals surface area (Å²) < 4.78 is 19.8. The molecule has 0 aliphatic heterocycles. The molecule has 0 amide bonds. The van der Waals surface area contributed by atoms with E-state index in [-0.39, 0.29) is 18.8 Å². The number of carbonyl (C=O) groups excluding carboxylic acids is 1. The highest BCUT2D eigenvalue weighted by Gasteiger charge is 2.11. The van der Waals surface area contributed by atoms with Crippen LogP contribution in [0.3, 0.4) is 0 Å². The van der Waals surface area contributed by atoms with Gasteiger partial charge in [0.15, 0.2) is 0 Å². The summed E-state index contributed by atoms with van der Waals surface area (Å²) >= 11 is 0. The highest BCUT2D eigenvalue weighted by Crippen LogP contribution is 2.00. The van der Waals surface area contributed by atoms with Gasteiger partial charge >= 0.3 is 11.9 Å². The van der Waals surface area contributed by atoms with Crippen LogP contribution in [-0.4, -0.2) is 63.8 Å². The van der Waals surface area contributed by atoms with Gasteiger partial charge in [-0.2, -0.15) is 0 Å². The van der Waals surface area contributed by atoms with Crippen LogP contribution in [0, 0.1) is 0 Å². The fourth-order valence-corrected chi connectivity index (χ4v) is 1.01. The van der Waals surface area contributed by atoms with Crippen LogP contribution in [0.4, 0.5) is 0 Å². The molecule has 0 aromatic carbocycles. The predicted molar refractivity (Wildman–Crippen MR) is 65.9 cm³/mol. The van der Waals surface area contributed by atoms with Crippen molar-refractivity contribution in [1.29, 1.82) is 0 Å². The lowest BCUT2D eigenvalue weighted by molar-refractivity contribution is -0.144. The second-order valence-corrected chi connectivity index (χ2v) is 3.53. The second-order valence-electron chi connectivity index (χ2n) is 3.53. The van der Waals surface area contributed by atoms with E-state index in [1.54, 1.807) is 7.11 Å². The molecule has 0 aliphatic rings. The summed E-state index contributed by atoms with van der Waals surface area (Å²) in [7, 11) is 1.59. The van der Waals surface area contributed by atoms with Gasteiger partial charge in [-0.1, -0.05) is 6.58 Å². The number of hydrogen-bond donors (Lipinski definition) is 1. The summed E-state index contributed by atoms with van der Waals surface area (Å²) in [5.41, 5.74) is -0.0876. The number of rotatable bonds is 12. The molecule has 0 bridgehead atoms. The number of carboxylic acid groups (broad SMARTS) is 1. The smallest absolute Gasteiger partial charge is 0.334 e. The maximum atomic E-state index is 11.2. The van der Waals surface area contributed by atoms with Crippen molar-refractivity contribution in [1.82, 2.24) is 0 Å². The van der Waals surface area contributed by atoms with E-state index in [0.29, 0.717) is 26.4 Å². The summed E-state index contributed by atoms with van der Waals surface area (Å²) in [6, 6.07) is 0. The average Bonchev–Trinajstić information content (AvgIpc) is 2.35. The van der Waals surface area contributed by atoms with Gasteiger partial charge in [-0.25, -0.2) is 4.79 Å². The number of aliphatic carboxylic acids is 1.